The second-order valence-corrected chi connectivity index (χ2v) is 18.5. The van der Waals surface area contributed by atoms with Crippen LogP contribution in [0.5, 0.6) is 0 Å². The van der Waals surface area contributed by atoms with Gasteiger partial charge in [0, 0.05) is 50.0 Å². The molecule has 2 aliphatic rings. The number of hydrogen-bond donors (Lipinski definition) is 0. The van der Waals surface area contributed by atoms with Crippen LogP contribution < -0.4 is 9.80 Å². The molecule has 0 spiro atoms. The first kappa shape index (κ1) is 38.0. The molecule has 0 radical (unpaired) electrons. The summed E-state index contributed by atoms with van der Waals surface area (Å²) in [5.41, 5.74) is 19.9. The Labute approximate surface area is 376 Å². The summed E-state index contributed by atoms with van der Waals surface area (Å²) in [5, 5.41) is 4.86. The van der Waals surface area contributed by atoms with Crippen molar-refractivity contribution in [2.75, 3.05) is 9.80 Å². The van der Waals surface area contributed by atoms with Crippen LogP contribution in [0.15, 0.2) is 218 Å². The fraction of sp³-hybridized carbons (Fsp3) is 0.0968. The van der Waals surface area contributed by atoms with Crippen molar-refractivity contribution in [3.05, 3.63) is 241 Å². The molecule has 0 aliphatic heterocycles. The first-order valence-electron chi connectivity index (χ1n) is 22.5. The Kier molecular flexibility index (Phi) is 8.58. The maximum Gasteiger partial charge on any atom is 0.0618 e. The van der Waals surface area contributed by atoms with E-state index in [1.165, 1.54) is 82.9 Å². The summed E-state index contributed by atoms with van der Waals surface area (Å²) in [6.45, 7) is 9.44. The monoisotopic (exact) mass is 820 g/mol. The molecule has 12 rings (SSSR count). The zero-order valence-corrected chi connectivity index (χ0v) is 36.7. The quantitative estimate of drug-likeness (QED) is 0.148. The molecular formula is C62H48N2. The smallest absolute Gasteiger partial charge is 0.0618 e. The number of para-hydroxylation sites is 2. The van der Waals surface area contributed by atoms with Crippen molar-refractivity contribution in [1.29, 1.82) is 0 Å². The van der Waals surface area contributed by atoms with E-state index in [0.29, 0.717) is 0 Å². The van der Waals surface area contributed by atoms with Crippen molar-refractivity contribution < 1.29 is 0 Å². The van der Waals surface area contributed by atoms with E-state index in [2.05, 4.69) is 256 Å². The van der Waals surface area contributed by atoms with Gasteiger partial charge in [0.1, 0.15) is 0 Å². The molecule has 0 heterocycles. The Balaban J connectivity index is 1.02. The van der Waals surface area contributed by atoms with E-state index in [1.807, 2.05) is 0 Å². The molecule has 2 aliphatic carbocycles. The molecule has 306 valence electrons. The topological polar surface area (TPSA) is 6.48 Å². The van der Waals surface area contributed by atoms with Gasteiger partial charge in [0.25, 0.3) is 0 Å². The van der Waals surface area contributed by atoms with Gasteiger partial charge in [0.05, 0.1) is 5.69 Å². The lowest BCUT2D eigenvalue weighted by Crippen LogP contribution is -2.17. The van der Waals surface area contributed by atoms with Gasteiger partial charge < -0.3 is 9.80 Å². The first-order valence-corrected chi connectivity index (χ1v) is 22.5. The van der Waals surface area contributed by atoms with Gasteiger partial charge in [-0.25, -0.2) is 0 Å². The summed E-state index contributed by atoms with van der Waals surface area (Å²) in [6, 6.07) is 80.8. The Hall–Kier alpha value is -7.68. The molecule has 0 fully saturated rings. The standard InChI is InChI=1S/C62H48N2/c1-61(2)55-29-17-15-23-47(55)49-37-35-45(39-57(49)61)63(42-19-7-5-8-20-42)44-33-31-41(32-34-44)59-51-25-11-13-27-53(51)60(54-28-14-12-26-52(54)59)64(43-21-9-6-10-22-43)46-36-38-50-48-24-16-18-30-56(48)62(3,4)58(50)40-46/h5-40H,1-4H3. The molecule has 0 saturated heterocycles. The molecule has 0 aromatic heterocycles. The van der Waals surface area contributed by atoms with E-state index >= 15 is 0 Å². The summed E-state index contributed by atoms with van der Waals surface area (Å²) in [5.74, 6) is 0. The molecular weight excluding hydrogens is 773 g/mol. The number of hydrogen-bond acceptors (Lipinski definition) is 2. The third kappa shape index (κ3) is 5.72. The summed E-state index contributed by atoms with van der Waals surface area (Å²) < 4.78 is 0. The highest BCUT2D eigenvalue weighted by molar-refractivity contribution is 6.22. The third-order valence-electron chi connectivity index (χ3n) is 14.2. The van der Waals surface area contributed by atoms with E-state index in [1.54, 1.807) is 0 Å². The minimum atomic E-state index is -0.122. The van der Waals surface area contributed by atoms with Crippen LogP contribution in [-0.4, -0.2) is 0 Å². The highest BCUT2D eigenvalue weighted by atomic mass is 15.1. The number of fused-ring (bicyclic) bond motifs is 8. The van der Waals surface area contributed by atoms with E-state index in [4.69, 9.17) is 0 Å². The van der Waals surface area contributed by atoms with Gasteiger partial charge in [-0.3, -0.25) is 0 Å². The van der Waals surface area contributed by atoms with E-state index in [0.717, 1.165) is 28.4 Å². The molecule has 10 aromatic carbocycles. The molecule has 0 bridgehead atoms. The lowest BCUT2D eigenvalue weighted by Gasteiger charge is -2.31. The number of anilines is 6. The lowest BCUT2D eigenvalue weighted by molar-refractivity contribution is 0.660. The summed E-state index contributed by atoms with van der Waals surface area (Å²) in [7, 11) is 0. The Bertz CT molecular complexity index is 3380. The van der Waals surface area contributed by atoms with Crippen molar-refractivity contribution in [2.24, 2.45) is 0 Å². The molecule has 2 nitrogen and oxygen atoms in total. The highest BCUT2D eigenvalue weighted by Crippen LogP contribution is 2.54. The summed E-state index contributed by atoms with van der Waals surface area (Å²) in [6.07, 6.45) is 0. The lowest BCUT2D eigenvalue weighted by atomic mass is 9.82. The van der Waals surface area contributed by atoms with Gasteiger partial charge in [-0.15, -0.1) is 0 Å². The van der Waals surface area contributed by atoms with Crippen LogP contribution >= 0.6 is 0 Å². The Morgan fingerprint density at radius 3 is 1.14 bits per heavy atom. The SMILES string of the molecule is CC1(C)c2ccccc2-c2ccc(N(c3ccccc3)c3ccc(-c4c5ccccc5c(N(c5ccccc5)c5ccc6c(c5)C(C)(C)c5ccccc5-6)c5ccccc45)cc3)cc21. The molecule has 10 aromatic rings. The second kappa shape index (κ2) is 14.4. The van der Waals surface area contributed by atoms with E-state index < -0.39 is 0 Å². The van der Waals surface area contributed by atoms with Crippen molar-refractivity contribution in [1.82, 2.24) is 0 Å². The van der Waals surface area contributed by atoms with Crippen molar-refractivity contribution in [2.45, 2.75) is 38.5 Å². The van der Waals surface area contributed by atoms with Crippen LogP contribution in [0.3, 0.4) is 0 Å². The van der Waals surface area contributed by atoms with E-state index in [9.17, 15) is 0 Å². The van der Waals surface area contributed by atoms with E-state index in [-0.39, 0.29) is 10.8 Å². The van der Waals surface area contributed by atoms with Gasteiger partial charge in [-0.2, -0.15) is 0 Å². The molecule has 0 unspecified atom stereocenters. The average molecular weight is 821 g/mol. The maximum absolute atomic E-state index is 2.49. The molecule has 0 N–H and O–H groups in total. The van der Waals surface area contributed by atoms with Crippen LogP contribution in [0.2, 0.25) is 0 Å². The minimum Gasteiger partial charge on any atom is -0.310 e. The van der Waals surface area contributed by atoms with Gasteiger partial charge in [0.15, 0.2) is 0 Å². The average Bonchev–Trinajstić information content (AvgIpc) is 3.71. The van der Waals surface area contributed by atoms with Crippen LogP contribution in [-0.2, 0) is 10.8 Å². The van der Waals surface area contributed by atoms with Crippen molar-refractivity contribution >= 4 is 55.7 Å². The van der Waals surface area contributed by atoms with Gasteiger partial charge in [-0.1, -0.05) is 185 Å². The largest absolute Gasteiger partial charge is 0.310 e. The molecule has 0 saturated carbocycles. The fourth-order valence-corrected chi connectivity index (χ4v) is 11.1. The van der Waals surface area contributed by atoms with Crippen molar-refractivity contribution in [3.8, 4) is 33.4 Å². The molecule has 0 atom stereocenters. The predicted molar refractivity (Wildman–Crippen MR) is 271 cm³/mol. The van der Waals surface area contributed by atoms with Crippen LogP contribution in [0.25, 0.3) is 54.9 Å². The Morgan fingerprint density at radius 2 is 0.641 bits per heavy atom. The van der Waals surface area contributed by atoms with Crippen LogP contribution in [0, 0.1) is 0 Å². The minimum absolute atomic E-state index is 0.0957. The second-order valence-electron chi connectivity index (χ2n) is 18.5. The van der Waals surface area contributed by atoms with Gasteiger partial charge in [-0.05, 0) is 127 Å². The van der Waals surface area contributed by atoms with Gasteiger partial charge in [0.2, 0.25) is 0 Å². The normalized spacial score (nSPS) is 13.9. The highest BCUT2D eigenvalue weighted by Gasteiger charge is 2.37. The number of rotatable bonds is 7. The fourth-order valence-electron chi connectivity index (χ4n) is 11.1. The van der Waals surface area contributed by atoms with Crippen LogP contribution in [0.4, 0.5) is 34.1 Å². The Morgan fingerprint density at radius 1 is 0.281 bits per heavy atom. The number of benzene rings is 10. The van der Waals surface area contributed by atoms with Crippen LogP contribution in [0.1, 0.15) is 49.9 Å². The number of nitrogens with zero attached hydrogens (tertiary/aromatic N) is 2. The third-order valence-corrected chi connectivity index (χ3v) is 14.2. The maximum atomic E-state index is 2.49. The summed E-state index contributed by atoms with van der Waals surface area (Å²) >= 11 is 0. The molecule has 2 heteroatoms. The van der Waals surface area contributed by atoms with Gasteiger partial charge >= 0.3 is 0 Å². The summed E-state index contributed by atoms with van der Waals surface area (Å²) in [4.78, 5) is 4.89. The predicted octanol–water partition coefficient (Wildman–Crippen LogP) is 17.2. The first-order chi connectivity index (χ1) is 31.3. The van der Waals surface area contributed by atoms with Crippen molar-refractivity contribution in [3.63, 3.8) is 0 Å². The molecule has 64 heavy (non-hydrogen) atoms. The zero-order valence-electron chi connectivity index (χ0n) is 36.7. The zero-order chi connectivity index (χ0) is 43.2. The molecule has 0 amide bonds.